The van der Waals surface area contributed by atoms with E-state index >= 15 is 0 Å². The van der Waals surface area contributed by atoms with Gasteiger partial charge in [-0.1, -0.05) is 18.2 Å². The number of aliphatic hydroxyl groups excluding tert-OH is 1. The van der Waals surface area contributed by atoms with Crippen LogP contribution in [-0.4, -0.2) is 65.1 Å². The highest BCUT2D eigenvalue weighted by atomic mass is 16.3. The maximum atomic E-state index is 12.9. The van der Waals surface area contributed by atoms with Crippen LogP contribution in [0.2, 0.25) is 0 Å². The molecule has 132 valence electrons. The molecular weight excluding hydrogens is 314 g/mol. The fourth-order valence-corrected chi connectivity index (χ4v) is 4.38. The van der Waals surface area contributed by atoms with Crippen LogP contribution in [0.5, 0.6) is 0 Å². The molecule has 1 aromatic heterocycles. The Bertz CT molecular complexity index is 839. The van der Waals surface area contributed by atoms with Crippen molar-refractivity contribution in [3.63, 3.8) is 0 Å². The molecule has 2 aliphatic rings. The van der Waals surface area contributed by atoms with Crippen molar-refractivity contribution in [2.24, 2.45) is 5.92 Å². The van der Waals surface area contributed by atoms with Crippen LogP contribution in [0.25, 0.3) is 16.5 Å². The Hall–Kier alpha value is -2.11. The van der Waals surface area contributed by atoms with Gasteiger partial charge in [-0.05, 0) is 43.2 Å². The van der Waals surface area contributed by atoms with Crippen molar-refractivity contribution in [2.45, 2.75) is 19.4 Å². The van der Waals surface area contributed by atoms with Gasteiger partial charge >= 0.3 is 0 Å². The average molecular weight is 339 g/mol. The molecule has 1 amide bonds. The molecule has 2 atom stereocenters. The van der Waals surface area contributed by atoms with Gasteiger partial charge in [-0.2, -0.15) is 0 Å². The molecule has 25 heavy (non-hydrogen) atoms. The second kappa shape index (κ2) is 6.32. The van der Waals surface area contributed by atoms with E-state index in [4.69, 9.17) is 0 Å². The first-order valence-electron chi connectivity index (χ1n) is 9.05. The lowest BCUT2D eigenvalue weighted by molar-refractivity contribution is -0.135. The maximum absolute atomic E-state index is 12.9. The lowest BCUT2D eigenvalue weighted by Gasteiger charge is -2.40. The van der Waals surface area contributed by atoms with E-state index in [0.29, 0.717) is 19.1 Å². The Morgan fingerprint density at radius 2 is 2.28 bits per heavy atom. The number of nitrogens with zero attached hydrogens (tertiary/aromatic N) is 2. The molecule has 4 rings (SSSR count). The molecule has 1 aliphatic carbocycles. The zero-order chi connectivity index (χ0) is 17.6. The van der Waals surface area contributed by atoms with Gasteiger partial charge in [0.05, 0.1) is 12.5 Å². The summed E-state index contributed by atoms with van der Waals surface area (Å²) in [5, 5.41) is 10.5. The number of carbonyl (C=O) groups is 1. The van der Waals surface area contributed by atoms with Crippen molar-refractivity contribution in [1.82, 2.24) is 14.8 Å². The number of hydrogen-bond acceptors (Lipinski definition) is 3. The zero-order valence-electron chi connectivity index (χ0n) is 14.8. The predicted octanol–water partition coefficient (Wildman–Crippen LogP) is 1.88. The fourth-order valence-electron chi connectivity index (χ4n) is 4.38. The number of aliphatic hydroxyl groups is 1. The molecule has 0 bridgehead atoms. The van der Waals surface area contributed by atoms with Gasteiger partial charge in [0.1, 0.15) is 0 Å². The van der Waals surface area contributed by atoms with Crippen LogP contribution in [-0.2, 0) is 11.2 Å². The SMILES string of the molecule is CCN(CCO)C(=O)C1C=C2c3cccc4[nH]cc(c34)CC2N(C)C1. The highest BCUT2D eigenvalue weighted by Gasteiger charge is 2.36. The average Bonchev–Trinajstić information content (AvgIpc) is 3.04. The molecule has 1 aliphatic heterocycles. The van der Waals surface area contributed by atoms with Crippen molar-refractivity contribution in [2.75, 3.05) is 33.3 Å². The third-order valence-electron chi connectivity index (χ3n) is 5.65. The molecule has 5 heteroatoms. The molecule has 0 fully saturated rings. The summed E-state index contributed by atoms with van der Waals surface area (Å²) in [6.07, 6.45) is 5.28. The van der Waals surface area contributed by atoms with Gasteiger partial charge in [0.15, 0.2) is 0 Å². The summed E-state index contributed by atoms with van der Waals surface area (Å²) in [5.41, 5.74) is 5.04. The molecular formula is C20H25N3O2. The first-order valence-corrected chi connectivity index (χ1v) is 9.05. The number of likely N-dealkylation sites (N-methyl/N-ethyl adjacent to an activating group) is 2. The van der Waals surface area contributed by atoms with Crippen LogP contribution in [0.1, 0.15) is 18.1 Å². The van der Waals surface area contributed by atoms with Crippen LogP contribution >= 0.6 is 0 Å². The lowest BCUT2D eigenvalue weighted by atomic mass is 9.79. The van der Waals surface area contributed by atoms with Crippen LogP contribution in [0.3, 0.4) is 0 Å². The van der Waals surface area contributed by atoms with Crippen LogP contribution < -0.4 is 0 Å². The van der Waals surface area contributed by atoms with Gasteiger partial charge in [-0.25, -0.2) is 0 Å². The summed E-state index contributed by atoms with van der Waals surface area (Å²) in [5.74, 6) is -0.0418. The molecule has 2 heterocycles. The fraction of sp³-hybridized carbons (Fsp3) is 0.450. The summed E-state index contributed by atoms with van der Waals surface area (Å²) in [6.45, 7) is 3.73. The summed E-state index contributed by atoms with van der Waals surface area (Å²) < 4.78 is 0. The number of aromatic nitrogens is 1. The second-order valence-electron chi connectivity index (χ2n) is 7.07. The molecule has 0 saturated carbocycles. The van der Waals surface area contributed by atoms with E-state index in [1.807, 2.05) is 6.92 Å². The minimum Gasteiger partial charge on any atom is -0.395 e. The van der Waals surface area contributed by atoms with E-state index in [0.717, 1.165) is 13.0 Å². The number of hydrogen-bond donors (Lipinski definition) is 2. The number of H-pyrrole nitrogens is 1. The molecule has 1 aromatic carbocycles. The Balaban J connectivity index is 1.76. The molecule has 0 saturated heterocycles. The first-order chi connectivity index (χ1) is 12.1. The topological polar surface area (TPSA) is 59.6 Å². The molecule has 0 spiro atoms. The minimum absolute atomic E-state index is 0.00729. The van der Waals surface area contributed by atoms with Gasteiger partial charge in [0, 0.05) is 42.8 Å². The van der Waals surface area contributed by atoms with Crippen molar-refractivity contribution in [3.05, 3.63) is 41.6 Å². The van der Waals surface area contributed by atoms with E-state index in [1.54, 1.807) is 4.90 Å². The van der Waals surface area contributed by atoms with Crippen molar-refractivity contribution >= 4 is 22.4 Å². The van der Waals surface area contributed by atoms with Crippen molar-refractivity contribution < 1.29 is 9.90 Å². The van der Waals surface area contributed by atoms with E-state index < -0.39 is 0 Å². The zero-order valence-corrected chi connectivity index (χ0v) is 14.8. The first kappa shape index (κ1) is 16.4. The third kappa shape index (κ3) is 2.58. The summed E-state index contributed by atoms with van der Waals surface area (Å²) in [4.78, 5) is 20.3. The summed E-state index contributed by atoms with van der Waals surface area (Å²) in [6, 6.07) is 6.68. The van der Waals surface area contributed by atoms with Crippen LogP contribution in [0.4, 0.5) is 0 Å². The van der Waals surface area contributed by atoms with Crippen LogP contribution in [0.15, 0.2) is 30.5 Å². The number of fused-ring (bicyclic) bond motifs is 2. The lowest BCUT2D eigenvalue weighted by Crippen LogP contribution is -2.48. The highest BCUT2D eigenvalue weighted by molar-refractivity contribution is 5.99. The molecule has 2 aromatic rings. The standard InChI is InChI=1S/C20H25N3O2/c1-3-23(7-8-24)20(25)14-9-16-15-5-4-6-17-19(15)13(11-21-17)10-18(16)22(2)12-14/h4-6,9,11,14,18,21,24H,3,7-8,10,12H2,1-2H3. The number of amides is 1. The number of rotatable bonds is 4. The number of nitrogens with one attached hydrogen (secondary N) is 1. The maximum Gasteiger partial charge on any atom is 0.230 e. The normalized spacial score (nSPS) is 22.6. The molecule has 5 nitrogen and oxygen atoms in total. The second-order valence-corrected chi connectivity index (χ2v) is 7.07. The number of aromatic amines is 1. The van der Waals surface area contributed by atoms with Gasteiger partial charge in [-0.15, -0.1) is 0 Å². The minimum atomic E-state index is -0.154. The summed E-state index contributed by atoms with van der Waals surface area (Å²) >= 11 is 0. The summed E-state index contributed by atoms with van der Waals surface area (Å²) in [7, 11) is 2.11. The molecule has 2 N–H and O–H groups in total. The van der Waals surface area contributed by atoms with E-state index in [9.17, 15) is 9.90 Å². The Kier molecular flexibility index (Phi) is 4.13. The quantitative estimate of drug-likeness (QED) is 0.894. The van der Waals surface area contributed by atoms with Crippen LogP contribution in [0, 0.1) is 5.92 Å². The monoisotopic (exact) mass is 339 g/mol. The largest absolute Gasteiger partial charge is 0.395 e. The smallest absolute Gasteiger partial charge is 0.230 e. The molecule has 2 unspecified atom stereocenters. The van der Waals surface area contributed by atoms with Crippen molar-refractivity contribution in [3.8, 4) is 0 Å². The Labute approximate surface area is 147 Å². The number of benzene rings is 1. The Morgan fingerprint density at radius 3 is 3.04 bits per heavy atom. The highest BCUT2D eigenvalue weighted by Crippen LogP contribution is 2.40. The van der Waals surface area contributed by atoms with Gasteiger partial charge in [0.25, 0.3) is 0 Å². The third-order valence-corrected chi connectivity index (χ3v) is 5.65. The predicted molar refractivity (Wildman–Crippen MR) is 99.2 cm³/mol. The number of carbonyl (C=O) groups excluding carboxylic acids is 1. The van der Waals surface area contributed by atoms with E-state index in [1.165, 1.54) is 27.6 Å². The van der Waals surface area contributed by atoms with E-state index in [-0.39, 0.29) is 18.4 Å². The van der Waals surface area contributed by atoms with Crippen molar-refractivity contribution in [1.29, 1.82) is 0 Å². The van der Waals surface area contributed by atoms with Gasteiger partial charge in [-0.3, -0.25) is 9.69 Å². The van der Waals surface area contributed by atoms with E-state index in [2.05, 4.69) is 47.4 Å². The van der Waals surface area contributed by atoms with Gasteiger partial charge < -0.3 is 15.0 Å². The Morgan fingerprint density at radius 1 is 1.44 bits per heavy atom. The molecule has 0 radical (unpaired) electrons. The van der Waals surface area contributed by atoms with Gasteiger partial charge in [0.2, 0.25) is 5.91 Å².